The van der Waals surface area contributed by atoms with Crippen LogP contribution in [-0.2, 0) is 4.79 Å². The van der Waals surface area contributed by atoms with Crippen LogP contribution in [-0.4, -0.2) is 11.8 Å². The van der Waals surface area contributed by atoms with Gasteiger partial charge in [-0.3, -0.25) is 20.4 Å². The number of hydrazine groups is 1. The van der Waals surface area contributed by atoms with E-state index in [2.05, 4.69) is 10.9 Å². The number of amides is 2. The lowest BCUT2D eigenvalue weighted by atomic mass is 9.89. The molecule has 0 unspecified atom stereocenters. The Bertz CT molecular complexity index is 494. The highest BCUT2D eigenvalue weighted by molar-refractivity contribution is 5.95. The second-order valence-corrected chi connectivity index (χ2v) is 4.94. The predicted molar refractivity (Wildman–Crippen MR) is 68.5 cm³/mol. The van der Waals surface area contributed by atoms with Crippen LogP contribution in [0.4, 0.5) is 8.78 Å². The summed E-state index contributed by atoms with van der Waals surface area (Å²) < 4.78 is 25.9. The zero-order valence-corrected chi connectivity index (χ0v) is 10.9. The number of hydrogen-bond acceptors (Lipinski definition) is 2. The number of rotatable bonds is 2. The number of hydrogen-bond donors (Lipinski definition) is 2. The first-order valence-electron chi connectivity index (χ1n) is 6.62. The first-order chi connectivity index (χ1) is 9.56. The van der Waals surface area contributed by atoms with Gasteiger partial charge in [-0.2, -0.15) is 0 Å². The molecule has 0 heterocycles. The molecule has 1 aromatic carbocycles. The van der Waals surface area contributed by atoms with Gasteiger partial charge in [-0.05, 0) is 25.0 Å². The highest BCUT2D eigenvalue weighted by Crippen LogP contribution is 2.23. The minimum Gasteiger partial charge on any atom is -0.273 e. The molecule has 6 heteroatoms. The molecule has 2 rings (SSSR count). The second kappa shape index (κ2) is 6.45. The van der Waals surface area contributed by atoms with Crippen molar-refractivity contribution >= 4 is 11.8 Å². The van der Waals surface area contributed by atoms with Gasteiger partial charge in [-0.25, -0.2) is 8.78 Å². The number of benzene rings is 1. The normalized spacial score (nSPS) is 15.7. The fourth-order valence-corrected chi connectivity index (χ4v) is 2.34. The van der Waals surface area contributed by atoms with Gasteiger partial charge in [0.05, 0.1) is 0 Å². The summed E-state index contributed by atoms with van der Waals surface area (Å²) in [5.74, 6) is -2.78. The molecule has 0 aromatic heterocycles. The third kappa shape index (κ3) is 3.76. The monoisotopic (exact) mass is 282 g/mol. The Morgan fingerprint density at radius 3 is 2.15 bits per heavy atom. The van der Waals surface area contributed by atoms with Crippen molar-refractivity contribution in [1.82, 2.24) is 10.9 Å². The number of halogens is 2. The first-order valence-corrected chi connectivity index (χ1v) is 6.62. The van der Waals surface area contributed by atoms with Gasteiger partial charge in [0.25, 0.3) is 5.91 Å². The Morgan fingerprint density at radius 2 is 1.55 bits per heavy atom. The molecule has 0 atom stereocenters. The summed E-state index contributed by atoms with van der Waals surface area (Å²) in [6.45, 7) is 0. The fourth-order valence-electron chi connectivity index (χ4n) is 2.34. The summed E-state index contributed by atoms with van der Waals surface area (Å²) in [4.78, 5) is 23.5. The van der Waals surface area contributed by atoms with Crippen molar-refractivity contribution in [3.05, 3.63) is 35.4 Å². The van der Waals surface area contributed by atoms with Gasteiger partial charge in [-0.15, -0.1) is 0 Å². The van der Waals surface area contributed by atoms with E-state index in [4.69, 9.17) is 0 Å². The summed E-state index contributed by atoms with van der Waals surface area (Å²) >= 11 is 0. The molecule has 108 valence electrons. The van der Waals surface area contributed by atoms with Crippen LogP contribution in [0.1, 0.15) is 42.5 Å². The smallest absolute Gasteiger partial charge is 0.269 e. The van der Waals surface area contributed by atoms with Crippen molar-refractivity contribution in [3.63, 3.8) is 0 Å². The molecular weight excluding hydrogens is 266 g/mol. The largest absolute Gasteiger partial charge is 0.273 e. The average molecular weight is 282 g/mol. The first kappa shape index (κ1) is 14.4. The Morgan fingerprint density at radius 1 is 0.950 bits per heavy atom. The van der Waals surface area contributed by atoms with E-state index in [1.807, 2.05) is 0 Å². The fraction of sp³-hybridized carbons (Fsp3) is 0.429. The van der Waals surface area contributed by atoms with E-state index in [0.717, 1.165) is 44.2 Å². The number of carbonyl (C=O) groups excluding carboxylic acids is 2. The Labute approximate surface area is 115 Å². The van der Waals surface area contributed by atoms with E-state index in [0.29, 0.717) is 6.07 Å². The maximum absolute atomic E-state index is 13.0. The lowest BCUT2D eigenvalue weighted by molar-refractivity contribution is -0.126. The van der Waals surface area contributed by atoms with Gasteiger partial charge in [0.1, 0.15) is 11.6 Å². The van der Waals surface area contributed by atoms with E-state index in [-0.39, 0.29) is 17.4 Å². The molecule has 0 bridgehead atoms. The standard InChI is InChI=1S/C14H16F2N2O2/c15-11-6-10(7-12(16)8-11)14(20)18-17-13(19)9-4-2-1-3-5-9/h6-9H,1-5H2,(H,17,19)(H,18,20). The van der Waals surface area contributed by atoms with Crippen molar-refractivity contribution in [3.8, 4) is 0 Å². The minimum atomic E-state index is -0.839. The highest BCUT2D eigenvalue weighted by atomic mass is 19.1. The summed E-state index contributed by atoms with van der Waals surface area (Å²) in [7, 11) is 0. The zero-order chi connectivity index (χ0) is 14.5. The summed E-state index contributed by atoms with van der Waals surface area (Å²) in [5.41, 5.74) is 4.31. The lowest BCUT2D eigenvalue weighted by Crippen LogP contribution is -2.45. The van der Waals surface area contributed by atoms with Crippen LogP contribution in [0.5, 0.6) is 0 Å². The Kier molecular flexibility index (Phi) is 4.65. The van der Waals surface area contributed by atoms with Crippen LogP contribution in [0.3, 0.4) is 0 Å². The van der Waals surface area contributed by atoms with Gasteiger partial charge in [0.15, 0.2) is 0 Å². The minimum absolute atomic E-state index is 0.103. The molecule has 1 aromatic rings. The predicted octanol–water partition coefficient (Wildman–Crippen LogP) is 2.31. The van der Waals surface area contributed by atoms with Crippen LogP contribution < -0.4 is 10.9 Å². The van der Waals surface area contributed by atoms with Gasteiger partial charge < -0.3 is 0 Å². The number of nitrogens with one attached hydrogen (secondary N) is 2. The van der Waals surface area contributed by atoms with Crippen LogP contribution >= 0.6 is 0 Å². The van der Waals surface area contributed by atoms with Gasteiger partial charge in [0, 0.05) is 17.5 Å². The molecule has 2 amide bonds. The summed E-state index contributed by atoms with van der Waals surface area (Å²) in [5, 5.41) is 0. The summed E-state index contributed by atoms with van der Waals surface area (Å²) in [6.07, 6.45) is 4.73. The van der Waals surface area contributed by atoms with Crippen LogP contribution in [0, 0.1) is 17.6 Å². The van der Waals surface area contributed by atoms with E-state index < -0.39 is 17.5 Å². The van der Waals surface area contributed by atoms with E-state index in [1.54, 1.807) is 0 Å². The SMILES string of the molecule is O=C(NNC(=O)C1CCCCC1)c1cc(F)cc(F)c1. The van der Waals surface area contributed by atoms with E-state index in [1.165, 1.54) is 0 Å². The molecule has 20 heavy (non-hydrogen) atoms. The molecular formula is C14H16F2N2O2. The quantitative estimate of drug-likeness (QED) is 0.818. The highest BCUT2D eigenvalue weighted by Gasteiger charge is 2.21. The Balaban J connectivity index is 1.89. The lowest BCUT2D eigenvalue weighted by Gasteiger charge is -2.20. The molecule has 0 radical (unpaired) electrons. The third-order valence-electron chi connectivity index (χ3n) is 3.40. The molecule has 0 aliphatic heterocycles. The topological polar surface area (TPSA) is 58.2 Å². The Hall–Kier alpha value is -1.98. The molecule has 0 saturated heterocycles. The van der Waals surface area contributed by atoms with E-state index >= 15 is 0 Å². The van der Waals surface area contributed by atoms with Gasteiger partial charge in [0.2, 0.25) is 5.91 Å². The van der Waals surface area contributed by atoms with Crippen molar-refractivity contribution < 1.29 is 18.4 Å². The zero-order valence-electron chi connectivity index (χ0n) is 10.9. The van der Waals surface area contributed by atoms with Crippen molar-refractivity contribution in [2.24, 2.45) is 5.92 Å². The maximum atomic E-state index is 13.0. The molecule has 2 N–H and O–H groups in total. The second-order valence-electron chi connectivity index (χ2n) is 4.94. The van der Waals surface area contributed by atoms with Crippen LogP contribution in [0.25, 0.3) is 0 Å². The molecule has 1 saturated carbocycles. The van der Waals surface area contributed by atoms with Crippen molar-refractivity contribution in [1.29, 1.82) is 0 Å². The molecule has 1 aliphatic carbocycles. The van der Waals surface area contributed by atoms with Crippen LogP contribution in [0.15, 0.2) is 18.2 Å². The molecule has 0 spiro atoms. The number of carbonyl (C=O) groups is 2. The molecule has 1 fully saturated rings. The van der Waals surface area contributed by atoms with Gasteiger partial charge >= 0.3 is 0 Å². The van der Waals surface area contributed by atoms with Gasteiger partial charge in [-0.1, -0.05) is 19.3 Å². The van der Waals surface area contributed by atoms with E-state index in [9.17, 15) is 18.4 Å². The maximum Gasteiger partial charge on any atom is 0.269 e. The molecule has 1 aliphatic rings. The summed E-state index contributed by atoms with van der Waals surface area (Å²) in [6, 6.07) is 2.49. The average Bonchev–Trinajstić information content (AvgIpc) is 2.44. The van der Waals surface area contributed by atoms with Crippen molar-refractivity contribution in [2.75, 3.05) is 0 Å². The molecule has 4 nitrogen and oxygen atoms in total. The van der Waals surface area contributed by atoms with Crippen LogP contribution in [0.2, 0.25) is 0 Å². The third-order valence-corrected chi connectivity index (χ3v) is 3.40. The van der Waals surface area contributed by atoms with Crippen molar-refractivity contribution in [2.45, 2.75) is 32.1 Å².